The molecule has 0 spiro atoms. The fourth-order valence-electron chi connectivity index (χ4n) is 1.63. The van der Waals surface area contributed by atoms with Crippen LogP contribution in [0.3, 0.4) is 0 Å². The third-order valence-electron chi connectivity index (χ3n) is 2.62. The number of ether oxygens (including phenoxy) is 1. The molecule has 0 aromatic heterocycles. The number of nitrogens with two attached hydrogens (primary N) is 1. The lowest BCUT2D eigenvalue weighted by Crippen LogP contribution is -2.20. The highest BCUT2D eigenvalue weighted by atomic mass is 19.1. The molecule has 0 fully saturated rings. The Kier molecular flexibility index (Phi) is 4.06. The van der Waals surface area contributed by atoms with Crippen LogP contribution in [0, 0.1) is 17.5 Å². The first kappa shape index (κ1) is 13.4. The maximum Gasteiger partial charge on any atom is 0.165 e. The van der Waals surface area contributed by atoms with Gasteiger partial charge in [-0.15, -0.1) is 0 Å². The van der Waals surface area contributed by atoms with Crippen molar-refractivity contribution in [2.75, 3.05) is 6.61 Å². The smallest absolute Gasteiger partial charge is 0.165 e. The summed E-state index contributed by atoms with van der Waals surface area (Å²) in [6.45, 7) is -0.151. The van der Waals surface area contributed by atoms with Gasteiger partial charge in [-0.25, -0.2) is 13.2 Å². The largest absolute Gasteiger partial charge is 0.488 e. The standard InChI is InChI=1S/C14H12F3NO/c15-9-5-6-12(17)14(7-9)19-8-13(18)10-3-1-2-4-11(10)16/h1-7,13H,8,18H2. The van der Waals surface area contributed by atoms with Crippen molar-refractivity contribution in [1.29, 1.82) is 0 Å². The van der Waals surface area contributed by atoms with Gasteiger partial charge < -0.3 is 10.5 Å². The molecule has 2 aromatic rings. The molecule has 0 aliphatic carbocycles. The van der Waals surface area contributed by atoms with Gasteiger partial charge in [0, 0.05) is 11.6 Å². The summed E-state index contributed by atoms with van der Waals surface area (Å²) < 4.78 is 44.7. The molecular weight excluding hydrogens is 255 g/mol. The molecule has 0 amide bonds. The van der Waals surface area contributed by atoms with Crippen LogP contribution in [0.4, 0.5) is 13.2 Å². The van der Waals surface area contributed by atoms with Crippen LogP contribution in [-0.2, 0) is 0 Å². The molecular formula is C14H12F3NO. The molecule has 0 heterocycles. The Morgan fingerprint density at radius 3 is 2.47 bits per heavy atom. The van der Waals surface area contributed by atoms with Gasteiger partial charge in [0.15, 0.2) is 11.6 Å². The van der Waals surface area contributed by atoms with Gasteiger partial charge in [-0.1, -0.05) is 18.2 Å². The fourth-order valence-corrected chi connectivity index (χ4v) is 1.63. The van der Waals surface area contributed by atoms with E-state index in [4.69, 9.17) is 10.5 Å². The molecule has 0 saturated carbocycles. The Balaban J connectivity index is 2.06. The highest BCUT2D eigenvalue weighted by Crippen LogP contribution is 2.20. The first-order chi connectivity index (χ1) is 9.08. The fraction of sp³-hybridized carbons (Fsp3) is 0.143. The molecule has 1 unspecified atom stereocenters. The molecule has 0 radical (unpaired) electrons. The van der Waals surface area contributed by atoms with E-state index in [1.165, 1.54) is 12.1 Å². The van der Waals surface area contributed by atoms with E-state index in [9.17, 15) is 13.2 Å². The van der Waals surface area contributed by atoms with Crippen molar-refractivity contribution in [3.8, 4) is 5.75 Å². The van der Waals surface area contributed by atoms with Crippen LogP contribution >= 0.6 is 0 Å². The van der Waals surface area contributed by atoms with Gasteiger partial charge in [0.2, 0.25) is 0 Å². The van der Waals surface area contributed by atoms with Gasteiger partial charge in [0.25, 0.3) is 0 Å². The van der Waals surface area contributed by atoms with Crippen LogP contribution in [0.2, 0.25) is 0 Å². The lowest BCUT2D eigenvalue weighted by atomic mass is 10.1. The molecule has 5 heteroatoms. The summed E-state index contributed by atoms with van der Waals surface area (Å²) in [6, 6.07) is 8.08. The van der Waals surface area contributed by atoms with Crippen molar-refractivity contribution < 1.29 is 17.9 Å². The van der Waals surface area contributed by atoms with Crippen LogP contribution in [0.1, 0.15) is 11.6 Å². The van der Waals surface area contributed by atoms with Gasteiger partial charge in [-0.2, -0.15) is 0 Å². The summed E-state index contributed by atoms with van der Waals surface area (Å²) in [6.07, 6.45) is 0. The Morgan fingerprint density at radius 1 is 1.00 bits per heavy atom. The average Bonchev–Trinajstić information content (AvgIpc) is 2.40. The summed E-state index contributed by atoms with van der Waals surface area (Å²) in [5.74, 6) is -2.01. The van der Waals surface area contributed by atoms with Gasteiger partial charge in [0.05, 0.1) is 6.04 Å². The molecule has 100 valence electrons. The van der Waals surface area contributed by atoms with E-state index in [0.29, 0.717) is 0 Å². The minimum atomic E-state index is -0.760. The third-order valence-corrected chi connectivity index (χ3v) is 2.62. The van der Waals surface area contributed by atoms with E-state index in [2.05, 4.69) is 0 Å². The van der Waals surface area contributed by atoms with Crippen LogP contribution < -0.4 is 10.5 Å². The van der Waals surface area contributed by atoms with Crippen molar-refractivity contribution in [2.45, 2.75) is 6.04 Å². The number of halogens is 3. The monoisotopic (exact) mass is 267 g/mol. The van der Waals surface area contributed by atoms with Gasteiger partial charge in [0.1, 0.15) is 18.2 Å². The second kappa shape index (κ2) is 5.75. The van der Waals surface area contributed by atoms with Crippen LogP contribution in [0.15, 0.2) is 42.5 Å². The summed E-state index contributed by atoms with van der Waals surface area (Å²) in [4.78, 5) is 0. The number of rotatable bonds is 4. The number of hydrogen-bond acceptors (Lipinski definition) is 2. The molecule has 19 heavy (non-hydrogen) atoms. The zero-order valence-corrected chi connectivity index (χ0v) is 9.95. The summed E-state index contributed by atoms with van der Waals surface area (Å²) in [5.41, 5.74) is 6.01. The lowest BCUT2D eigenvalue weighted by Gasteiger charge is -2.14. The maximum atomic E-state index is 13.4. The van der Waals surface area contributed by atoms with Crippen LogP contribution in [0.5, 0.6) is 5.75 Å². The van der Waals surface area contributed by atoms with E-state index in [1.54, 1.807) is 12.1 Å². The quantitative estimate of drug-likeness (QED) is 0.923. The average molecular weight is 267 g/mol. The molecule has 0 aliphatic heterocycles. The minimum absolute atomic E-state index is 0.151. The molecule has 0 aliphatic rings. The number of benzene rings is 2. The van der Waals surface area contributed by atoms with E-state index < -0.39 is 23.5 Å². The molecule has 2 N–H and O–H groups in total. The zero-order valence-electron chi connectivity index (χ0n) is 9.95. The Bertz CT molecular complexity index is 574. The van der Waals surface area contributed by atoms with E-state index >= 15 is 0 Å². The topological polar surface area (TPSA) is 35.2 Å². The van der Waals surface area contributed by atoms with E-state index in [1.807, 2.05) is 0 Å². The minimum Gasteiger partial charge on any atom is -0.488 e. The van der Waals surface area contributed by atoms with E-state index in [0.717, 1.165) is 18.2 Å². The highest BCUT2D eigenvalue weighted by molar-refractivity contribution is 5.26. The van der Waals surface area contributed by atoms with Crippen molar-refractivity contribution >= 4 is 0 Å². The third kappa shape index (κ3) is 3.26. The SMILES string of the molecule is NC(COc1cc(F)ccc1F)c1ccccc1F. The molecule has 2 aromatic carbocycles. The van der Waals surface area contributed by atoms with Crippen molar-refractivity contribution in [2.24, 2.45) is 5.73 Å². The Morgan fingerprint density at radius 2 is 1.74 bits per heavy atom. The second-order valence-electron chi connectivity index (χ2n) is 4.01. The lowest BCUT2D eigenvalue weighted by molar-refractivity contribution is 0.273. The molecule has 2 nitrogen and oxygen atoms in total. The van der Waals surface area contributed by atoms with Crippen LogP contribution in [0.25, 0.3) is 0 Å². The zero-order chi connectivity index (χ0) is 13.8. The van der Waals surface area contributed by atoms with Crippen molar-refractivity contribution in [1.82, 2.24) is 0 Å². The van der Waals surface area contributed by atoms with Crippen molar-refractivity contribution in [3.63, 3.8) is 0 Å². The van der Waals surface area contributed by atoms with Crippen LogP contribution in [-0.4, -0.2) is 6.61 Å². The van der Waals surface area contributed by atoms with Gasteiger partial charge >= 0.3 is 0 Å². The van der Waals surface area contributed by atoms with Gasteiger partial charge in [-0.05, 0) is 18.2 Å². The Hall–Kier alpha value is -2.01. The maximum absolute atomic E-state index is 13.4. The highest BCUT2D eigenvalue weighted by Gasteiger charge is 2.13. The normalized spacial score (nSPS) is 12.2. The molecule has 2 rings (SSSR count). The summed E-state index contributed by atoms with van der Waals surface area (Å²) in [7, 11) is 0. The summed E-state index contributed by atoms with van der Waals surface area (Å²) in [5, 5.41) is 0. The predicted octanol–water partition coefficient (Wildman–Crippen LogP) is 3.18. The first-order valence-corrected chi connectivity index (χ1v) is 5.66. The molecule has 0 saturated heterocycles. The van der Waals surface area contributed by atoms with Crippen molar-refractivity contribution in [3.05, 3.63) is 65.5 Å². The first-order valence-electron chi connectivity index (χ1n) is 5.66. The predicted molar refractivity (Wildman–Crippen MR) is 65.2 cm³/mol. The van der Waals surface area contributed by atoms with E-state index in [-0.39, 0.29) is 17.9 Å². The van der Waals surface area contributed by atoms with Gasteiger partial charge in [-0.3, -0.25) is 0 Å². The second-order valence-corrected chi connectivity index (χ2v) is 4.01. The number of hydrogen-bond donors (Lipinski definition) is 1. The molecule has 1 atom stereocenters. The Labute approximate surface area is 108 Å². The molecule has 0 bridgehead atoms. The summed E-state index contributed by atoms with van der Waals surface area (Å²) >= 11 is 0.